The van der Waals surface area contributed by atoms with Crippen molar-refractivity contribution in [3.05, 3.63) is 55.7 Å². The minimum Gasteiger partial charge on any atom is -0.312 e. The van der Waals surface area contributed by atoms with Crippen molar-refractivity contribution in [2.24, 2.45) is 0 Å². The van der Waals surface area contributed by atoms with Gasteiger partial charge in [0.15, 0.2) is 0 Å². The van der Waals surface area contributed by atoms with E-state index in [4.69, 9.17) is 0 Å². The molecule has 0 spiro atoms. The Morgan fingerprint density at radius 1 is 1.28 bits per heavy atom. The van der Waals surface area contributed by atoms with Gasteiger partial charge in [-0.25, -0.2) is 0 Å². The first-order valence-electron chi connectivity index (χ1n) is 6.09. The van der Waals surface area contributed by atoms with Crippen molar-refractivity contribution in [2.75, 3.05) is 7.05 Å². The van der Waals surface area contributed by atoms with Gasteiger partial charge in [0.1, 0.15) is 0 Å². The van der Waals surface area contributed by atoms with Crippen LogP contribution in [0.4, 0.5) is 0 Å². The van der Waals surface area contributed by atoms with E-state index in [0.717, 1.165) is 6.42 Å². The van der Waals surface area contributed by atoms with Crippen molar-refractivity contribution >= 4 is 27.3 Å². The summed E-state index contributed by atoms with van der Waals surface area (Å²) < 4.78 is 1.22. The van der Waals surface area contributed by atoms with E-state index in [1.807, 2.05) is 18.4 Å². The molecule has 0 aliphatic rings. The topological polar surface area (TPSA) is 12.0 Å². The van der Waals surface area contributed by atoms with Crippen LogP contribution in [0.5, 0.6) is 0 Å². The van der Waals surface area contributed by atoms with Crippen molar-refractivity contribution < 1.29 is 0 Å². The summed E-state index contributed by atoms with van der Waals surface area (Å²) in [6.07, 6.45) is 1.04. The summed E-state index contributed by atoms with van der Waals surface area (Å²) in [6, 6.07) is 11.2. The Morgan fingerprint density at radius 3 is 2.56 bits per heavy atom. The second-order valence-corrected chi connectivity index (χ2v) is 6.67. The molecule has 0 aliphatic carbocycles. The molecule has 0 saturated heterocycles. The fourth-order valence-corrected chi connectivity index (χ4v) is 3.73. The van der Waals surface area contributed by atoms with Crippen LogP contribution in [0.1, 0.15) is 26.9 Å². The minimum absolute atomic E-state index is 0.390. The van der Waals surface area contributed by atoms with Crippen molar-refractivity contribution in [2.45, 2.75) is 26.3 Å². The van der Waals surface area contributed by atoms with E-state index in [9.17, 15) is 0 Å². The van der Waals surface area contributed by atoms with Crippen LogP contribution >= 0.6 is 27.3 Å². The van der Waals surface area contributed by atoms with Crippen molar-refractivity contribution in [3.8, 4) is 0 Å². The zero-order valence-corrected chi connectivity index (χ0v) is 13.4. The average Bonchev–Trinajstić information content (AvgIpc) is 2.68. The molecule has 0 fully saturated rings. The molecule has 2 aromatic rings. The van der Waals surface area contributed by atoms with Gasteiger partial charge in [-0.3, -0.25) is 0 Å². The average molecular weight is 324 g/mol. The Bertz CT molecular complexity index is 514. The van der Waals surface area contributed by atoms with Crippen LogP contribution in [-0.4, -0.2) is 7.05 Å². The molecular formula is C15H18BrNS. The number of benzene rings is 1. The van der Waals surface area contributed by atoms with E-state index < -0.39 is 0 Å². The van der Waals surface area contributed by atoms with Gasteiger partial charge in [-0.05, 0) is 60.4 Å². The maximum Gasteiger partial charge on any atom is 0.0453 e. The molecule has 3 heteroatoms. The van der Waals surface area contributed by atoms with Crippen LogP contribution in [0, 0.1) is 13.8 Å². The van der Waals surface area contributed by atoms with E-state index in [0.29, 0.717) is 6.04 Å². The summed E-state index contributed by atoms with van der Waals surface area (Å²) in [7, 11) is 2.03. The fourth-order valence-electron chi connectivity index (χ4n) is 2.06. The third kappa shape index (κ3) is 3.02. The molecule has 0 saturated carbocycles. The zero-order chi connectivity index (χ0) is 13.1. The van der Waals surface area contributed by atoms with Crippen LogP contribution in [0.2, 0.25) is 0 Å². The number of aryl methyl sites for hydroxylation is 2. The minimum atomic E-state index is 0.390. The lowest BCUT2D eigenvalue weighted by molar-refractivity contribution is 0.600. The Kier molecular flexibility index (Phi) is 4.60. The fraction of sp³-hybridized carbons (Fsp3) is 0.333. The molecule has 1 aromatic heterocycles. The molecule has 2 rings (SSSR count). The molecule has 1 unspecified atom stereocenters. The standard InChI is InChI=1S/C15H18BrNS/c1-10-6-4-5-7-12(10)8-14(17-3)15-9-13(16)11(2)18-15/h4-7,9,14,17H,8H2,1-3H3. The number of rotatable bonds is 4. The first kappa shape index (κ1) is 13.8. The first-order chi connectivity index (χ1) is 8.61. The Morgan fingerprint density at radius 2 is 2.00 bits per heavy atom. The van der Waals surface area contributed by atoms with Crippen molar-refractivity contribution in [3.63, 3.8) is 0 Å². The third-order valence-corrected chi connectivity index (χ3v) is 5.50. The first-order valence-corrected chi connectivity index (χ1v) is 7.70. The molecule has 1 N–H and O–H groups in total. The van der Waals surface area contributed by atoms with E-state index in [2.05, 4.69) is 65.4 Å². The summed E-state index contributed by atoms with van der Waals surface area (Å²) in [6.45, 7) is 4.33. The van der Waals surface area contributed by atoms with Gasteiger partial charge >= 0.3 is 0 Å². The molecule has 1 atom stereocenters. The number of likely N-dealkylation sites (N-methyl/N-ethyl adjacent to an activating group) is 1. The quantitative estimate of drug-likeness (QED) is 0.864. The van der Waals surface area contributed by atoms with Gasteiger partial charge in [0, 0.05) is 20.3 Å². The molecule has 1 heterocycles. The predicted octanol–water partition coefficient (Wildman–Crippen LogP) is 4.63. The second kappa shape index (κ2) is 6.00. The summed E-state index contributed by atoms with van der Waals surface area (Å²) in [4.78, 5) is 2.74. The summed E-state index contributed by atoms with van der Waals surface area (Å²) in [5, 5.41) is 3.42. The smallest absolute Gasteiger partial charge is 0.0453 e. The molecular weight excluding hydrogens is 306 g/mol. The molecule has 0 amide bonds. The number of halogens is 1. The van der Waals surface area contributed by atoms with Crippen LogP contribution in [-0.2, 0) is 6.42 Å². The van der Waals surface area contributed by atoms with Gasteiger partial charge < -0.3 is 5.32 Å². The van der Waals surface area contributed by atoms with Gasteiger partial charge in [-0.2, -0.15) is 0 Å². The van der Waals surface area contributed by atoms with Gasteiger partial charge in [-0.1, -0.05) is 24.3 Å². The Labute approximate surface area is 121 Å². The molecule has 0 aliphatic heterocycles. The Balaban J connectivity index is 2.22. The SMILES string of the molecule is CNC(Cc1ccccc1C)c1cc(Br)c(C)s1. The molecule has 18 heavy (non-hydrogen) atoms. The van der Waals surface area contributed by atoms with Gasteiger partial charge in [0.05, 0.1) is 0 Å². The Hall–Kier alpha value is -0.640. The molecule has 96 valence electrons. The highest BCUT2D eigenvalue weighted by Crippen LogP contribution is 2.32. The van der Waals surface area contributed by atoms with Crippen LogP contribution in [0.25, 0.3) is 0 Å². The zero-order valence-electron chi connectivity index (χ0n) is 11.0. The van der Waals surface area contributed by atoms with E-state index in [-0.39, 0.29) is 0 Å². The monoisotopic (exact) mass is 323 g/mol. The highest BCUT2D eigenvalue weighted by atomic mass is 79.9. The lowest BCUT2D eigenvalue weighted by Crippen LogP contribution is -2.18. The van der Waals surface area contributed by atoms with Crippen LogP contribution in [0.15, 0.2) is 34.8 Å². The summed E-state index contributed by atoms with van der Waals surface area (Å²) >= 11 is 5.46. The molecule has 0 radical (unpaired) electrons. The number of thiophene rings is 1. The van der Waals surface area contributed by atoms with Gasteiger partial charge in [-0.15, -0.1) is 11.3 Å². The number of hydrogen-bond donors (Lipinski definition) is 1. The summed E-state index contributed by atoms with van der Waals surface area (Å²) in [5.74, 6) is 0. The van der Waals surface area contributed by atoms with E-state index in [1.54, 1.807) is 0 Å². The third-order valence-electron chi connectivity index (χ3n) is 3.25. The lowest BCUT2D eigenvalue weighted by atomic mass is 10.0. The lowest BCUT2D eigenvalue weighted by Gasteiger charge is -2.16. The second-order valence-electron chi connectivity index (χ2n) is 4.52. The molecule has 0 bridgehead atoms. The maximum absolute atomic E-state index is 3.60. The largest absolute Gasteiger partial charge is 0.312 e. The van der Waals surface area contributed by atoms with Gasteiger partial charge in [0.2, 0.25) is 0 Å². The van der Waals surface area contributed by atoms with E-state index >= 15 is 0 Å². The van der Waals surface area contributed by atoms with E-state index in [1.165, 1.54) is 25.4 Å². The number of hydrogen-bond acceptors (Lipinski definition) is 2. The molecule has 1 aromatic carbocycles. The van der Waals surface area contributed by atoms with Crippen molar-refractivity contribution in [1.82, 2.24) is 5.32 Å². The van der Waals surface area contributed by atoms with Crippen LogP contribution < -0.4 is 5.32 Å². The highest BCUT2D eigenvalue weighted by molar-refractivity contribution is 9.10. The normalized spacial score (nSPS) is 12.7. The van der Waals surface area contributed by atoms with Crippen molar-refractivity contribution in [1.29, 1.82) is 0 Å². The summed E-state index contributed by atoms with van der Waals surface area (Å²) in [5.41, 5.74) is 2.78. The van der Waals surface area contributed by atoms with Gasteiger partial charge in [0.25, 0.3) is 0 Å². The number of nitrogens with one attached hydrogen (secondary N) is 1. The maximum atomic E-state index is 3.60. The highest BCUT2D eigenvalue weighted by Gasteiger charge is 2.14. The molecule has 1 nitrogen and oxygen atoms in total. The predicted molar refractivity (Wildman–Crippen MR) is 83.4 cm³/mol. The van der Waals surface area contributed by atoms with Crippen LogP contribution in [0.3, 0.4) is 0 Å².